The second kappa shape index (κ2) is 8.70. The number of hydrogen-bond donors (Lipinski definition) is 1. The Morgan fingerprint density at radius 3 is 2.96 bits per heavy atom. The number of rotatable bonds is 7. The highest BCUT2D eigenvalue weighted by molar-refractivity contribution is 5.77. The molecular weight excluding hydrogens is 352 g/mol. The van der Waals surface area contributed by atoms with Crippen molar-refractivity contribution in [3.05, 3.63) is 30.1 Å². The van der Waals surface area contributed by atoms with Gasteiger partial charge in [-0.05, 0) is 19.1 Å². The summed E-state index contributed by atoms with van der Waals surface area (Å²) < 4.78 is 10.2. The highest BCUT2D eigenvalue weighted by atomic mass is 16.6. The first-order valence-electron chi connectivity index (χ1n) is 9.14. The van der Waals surface area contributed by atoms with Crippen LogP contribution in [0.1, 0.15) is 19.0 Å². The van der Waals surface area contributed by atoms with Gasteiger partial charge < -0.3 is 19.7 Å². The van der Waals surface area contributed by atoms with Crippen LogP contribution in [0.15, 0.2) is 24.4 Å². The first-order chi connectivity index (χ1) is 13.1. The minimum atomic E-state index is -0.344. The lowest BCUT2D eigenvalue weighted by Gasteiger charge is -2.22. The fourth-order valence-electron chi connectivity index (χ4n) is 3.32. The van der Waals surface area contributed by atoms with Crippen LogP contribution in [0.5, 0.6) is 0 Å². The summed E-state index contributed by atoms with van der Waals surface area (Å²) in [5.74, 6) is -0.342. The van der Waals surface area contributed by atoms with Crippen LogP contribution in [0.25, 0.3) is 0 Å². The van der Waals surface area contributed by atoms with Crippen molar-refractivity contribution >= 4 is 18.1 Å². The number of aromatic nitrogens is 1. The molecule has 0 aromatic carbocycles. The van der Waals surface area contributed by atoms with Gasteiger partial charge in [-0.1, -0.05) is 6.07 Å². The van der Waals surface area contributed by atoms with E-state index in [9.17, 15) is 14.4 Å². The monoisotopic (exact) mass is 376 g/mol. The lowest BCUT2D eigenvalue weighted by Crippen LogP contribution is -2.43. The van der Waals surface area contributed by atoms with Gasteiger partial charge in [0.2, 0.25) is 0 Å². The Hall–Kier alpha value is -2.84. The molecule has 2 atom stereocenters. The molecule has 0 bridgehead atoms. The lowest BCUT2D eigenvalue weighted by atomic mass is 10.2. The van der Waals surface area contributed by atoms with Gasteiger partial charge in [0.05, 0.1) is 25.6 Å². The maximum absolute atomic E-state index is 12.3. The summed E-state index contributed by atoms with van der Waals surface area (Å²) in [6, 6.07) is 5.24. The number of carbonyl (C=O) groups is 3. The summed E-state index contributed by atoms with van der Waals surface area (Å²) in [4.78, 5) is 43.2. The summed E-state index contributed by atoms with van der Waals surface area (Å²) in [5.41, 5.74) is 0.903. The summed E-state index contributed by atoms with van der Waals surface area (Å²) in [6.45, 7) is 3.52. The van der Waals surface area contributed by atoms with Crippen LogP contribution < -0.4 is 5.32 Å². The topological polar surface area (TPSA) is 101 Å². The van der Waals surface area contributed by atoms with Crippen molar-refractivity contribution in [3.8, 4) is 0 Å². The summed E-state index contributed by atoms with van der Waals surface area (Å²) in [6.07, 6.45) is 1.81. The van der Waals surface area contributed by atoms with Crippen LogP contribution in [-0.2, 0) is 20.7 Å². The molecule has 1 aromatic rings. The summed E-state index contributed by atoms with van der Waals surface area (Å²) in [5, 5.41) is 2.70. The number of nitrogens with zero attached hydrogens (tertiary/aromatic N) is 3. The zero-order valence-electron chi connectivity index (χ0n) is 15.3. The van der Waals surface area contributed by atoms with Gasteiger partial charge in [-0.2, -0.15) is 0 Å². The number of carbonyl (C=O) groups excluding carboxylic acids is 3. The Morgan fingerprint density at radius 1 is 1.37 bits per heavy atom. The third-order valence-corrected chi connectivity index (χ3v) is 4.66. The quantitative estimate of drug-likeness (QED) is 0.706. The van der Waals surface area contributed by atoms with E-state index in [1.165, 1.54) is 0 Å². The Balaban J connectivity index is 1.47. The molecule has 0 unspecified atom stereocenters. The van der Waals surface area contributed by atoms with Crippen molar-refractivity contribution in [2.75, 3.05) is 32.8 Å². The van der Waals surface area contributed by atoms with Crippen LogP contribution in [0.3, 0.4) is 0 Å². The predicted octanol–water partition coefficient (Wildman–Crippen LogP) is 0.792. The Bertz CT molecular complexity index is 684. The molecule has 9 heteroatoms. The molecule has 1 aromatic heterocycles. The molecule has 2 saturated heterocycles. The highest BCUT2D eigenvalue weighted by Gasteiger charge is 2.48. The van der Waals surface area contributed by atoms with Gasteiger partial charge in [0, 0.05) is 37.9 Å². The molecule has 9 nitrogen and oxygen atoms in total. The normalized spacial score (nSPS) is 21.0. The van der Waals surface area contributed by atoms with Crippen molar-refractivity contribution in [2.24, 2.45) is 0 Å². The highest BCUT2D eigenvalue weighted by Crippen LogP contribution is 2.27. The number of fused-ring (bicyclic) bond motifs is 1. The smallest absolute Gasteiger partial charge is 0.410 e. The van der Waals surface area contributed by atoms with Gasteiger partial charge >= 0.3 is 18.1 Å². The Kier molecular flexibility index (Phi) is 6.10. The van der Waals surface area contributed by atoms with E-state index in [0.29, 0.717) is 32.7 Å². The SMILES string of the molecule is CCOC(=O)CCNC(=O)N1C[C@H]2OC(=O)N(CCc3ccccn3)[C@H]2C1. The predicted molar refractivity (Wildman–Crippen MR) is 94.9 cm³/mol. The van der Waals surface area contributed by atoms with E-state index in [2.05, 4.69) is 10.3 Å². The summed E-state index contributed by atoms with van der Waals surface area (Å²) in [7, 11) is 0. The first kappa shape index (κ1) is 18.9. The van der Waals surface area contributed by atoms with Crippen molar-refractivity contribution in [1.82, 2.24) is 20.1 Å². The number of esters is 1. The number of pyridine rings is 1. The second-order valence-corrected chi connectivity index (χ2v) is 6.45. The van der Waals surface area contributed by atoms with Crippen LogP contribution in [0.4, 0.5) is 9.59 Å². The minimum Gasteiger partial charge on any atom is -0.466 e. The molecule has 3 rings (SSSR count). The largest absolute Gasteiger partial charge is 0.466 e. The molecule has 27 heavy (non-hydrogen) atoms. The number of urea groups is 1. The molecule has 0 aliphatic carbocycles. The molecule has 1 N–H and O–H groups in total. The number of ether oxygens (including phenoxy) is 2. The number of likely N-dealkylation sites (tertiary alicyclic amines) is 1. The number of hydrogen-bond acceptors (Lipinski definition) is 6. The van der Waals surface area contributed by atoms with Crippen molar-refractivity contribution < 1.29 is 23.9 Å². The minimum absolute atomic E-state index is 0.130. The van der Waals surface area contributed by atoms with Gasteiger partial charge in [-0.3, -0.25) is 14.7 Å². The van der Waals surface area contributed by atoms with Crippen molar-refractivity contribution in [3.63, 3.8) is 0 Å². The molecular formula is C18H24N4O5. The zero-order chi connectivity index (χ0) is 19.2. The summed E-state index contributed by atoms with van der Waals surface area (Å²) >= 11 is 0. The molecule has 0 saturated carbocycles. The second-order valence-electron chi connectivity index (χ2n) is 6.45. The fraction of sp³-hybridized carbons (Fsp3) is 0.556. The lowest BCUT2D eigenvalue weighted by molar-refractivity contribution is -0.142. The van der Waals surface area contributed by atoms with E-state index in [4.69, 9.17) is 9.47 Å². The Labute approximate surface area is 157 Å². The van der Waals surface area contributed by atoms with E-state index in [1.54, 1.807) is 22.9 Å². The first-order valence-corrected chi connectivity index (χ1v) is 9.14. The van der Waals surface area contributed by atoms with Crippen LogP contribution in [-0.4, -0.2) is 77.8 Å². The number of amides is 3. The van der Waals surface area contributed by atoms with Crippen LogP contribution in [0, 0.1) is 0 Å². The van der Waals surface area contributed by atoms with Crippen molar-refractivity contribution in [2.45, 2.75) is 31.9 Å². The van der Waals surface area contributed by atoms with E-state index in [1.807, 2.05) is 18.2 Å². The van der Waals surface area contributed by atoms with Crippen LogP contribution in [0.2, 0.25) is 0 Å². The number of nitrogens with one attached hydrogen (secondary N) is 1. The average molecular weight is 376 g/mol. The van der Waals surface area contributed by atoms with Gasteiger partial charge in [-0.25, -0.2) is 9.59 Å². The third kappa shape index (κ3) is 4.66. The Morgan fingerprint density at radius 2 is 2.22 bits per heavy atom. The van der Waals surface area contributed by atoms with Crippen molar-refractivity contribution in [1.29, 1.82) is 0 Å². The maximum Gasteiger partial charge on any atom is 0.410 e. The van der Waals surface area contributed by atoms with E-state index in [0.717, 1.165) is 5.69 Å². The molecule has 2 fully saturated rings. The van der Waals surface area contributed by atoms with Gasteiger partial charge in [0.1, 0.15) is 6.10 Å². The average Bonchev–Trinajstić information content (AvgIpc) is 3.18. The van der Waals surface area contributed by atoms with Gasteiger partial charge in [0.25, 0.3) is 0 Å². The molecule has 0 radical (unpaired) electrons. The molecule has 3 amide bonds. The maximum atomic E-state index is 12.3. The molecule has 0 spiro atoms. The standard InChI is InChI=1S/C18H24N4O5/c1-2-26-16(23)6-9-20-17(24)21-11-14-15(12-21)27-18(25)22(14)10-7-13-5-3-4-8-19-13/h3-5,8,14-15H,2,6-7,9-12H2,1H3,(H,20,24)/t14-,15+/m0/s1. The van der Waals surface area contributed by atoms with E-state index < -0.39 is 0 Å². The molecule has 2 aliphatic rings. The molecule has 2 aliphatic heterocycles. The van der Waals surface area contributed by atoms with Gasteiger partial charge in [-0.15, -0.1) is 0 Å². The molecule has 146 valence electrons. The zero-order valence-corrected chi connectivity index (χ0v) is 15.3. The van der Waals surface area contributed by atoms with E-state index >= 15 is 0 Å². The van der Waals surface area contributed by atoms with Crippen LogP contribution >= 0.6 is 0 Å². The van der Waals surface area contributed by atoms with E-state index in [-0.39, 0.29) is 43.2 Å². The van der Waals surface area contributed by atoms with Gasteiger partial charge in [0.15, 0.2) is 0 Å². The third-order valence-electron chi connectivity index (χ3n) is 4.66. The fourth-order valence-corrected chi connectivity index (χ4v) is 3.32. The molecule has 3 heterocycles.